The van der Waals surface area contributed by atoms with E-state index in [9.17, 15) is 14.4 Å². The fourth-order valence-electron chi connectivity index (χ4n) is 2.40. The van der Waals surface area contributed by atoms with Gasteiger partial charge >= 0.3 is 12.1 Å². The molecule has 0 aliphatic carbocycles. The van der Waals surface area contributed by atoms with Crippen molar-refractivity contribution in [3.05, 3.63) is 29.8 Å². The quantitative estimate of drug-likeness (QED) is 0.469. The van der Waals surface area contributed by atoms with E-state index in [1.807, 2.05) is 12.1 Å². The van der Waals surface area contributed by atoms with Gasteiger partial charge in [0.25, 0.3) is 0 Å². The first-order chi connectivity index (χ1) is 13.5. The van der Waals surface area contributed by atoms with Crippen LogP contribution >= 0.6 is 0 Å². The summed E-state index contributed by atoms with van der Waals surface area (Å²) in [5, 5.41) is 5.52. The molecule has 1 rings (SSSR count). The Kier molecular flexibility index (Phi) is 10.0. The molecule has 0 saturated carbocycles. The summed E-state index contributed by atoms with van der Waals surface area (Å²) in [6.07, 6.45) is 4.98. The topological polar surface area (TPSA) is 93.7 Å². The highest BCUT2D eigenvalue weighted by Gasteiger charge is 2.26. The first-order valence-corrected chi connectivity index (χ1v) is 11.7. The van der Waals surface area contributed by atoms with Crippen LogP contribution in [0, 0.1) is 0 Å². The first-order valence-electron chi connectivity index (χ1n) is 9.50. The second-order valence-electron chi connectivity index (χ2n) is 7.94. The Balaban J connectivity index is 2.72. The highest BCUT2D eigenvalue weighted by atomic mass is 32.2. The van der Waals surface area contributed by atoms with Crippen LogP contribution in [0.25, 0.3) is 0 Å². The lowest BCUT2D eigenvalue weighted by atomic mass is 10.1. The molecule has 2 amide bonds. The van der Waals surface area contributed by atoms with Crippen LogP contribution in [0.4, 0.5) is 10.5 Å². The van der Waals surface area contributed by atoms with Gasteiger partial charge in [-0.25, -0.2) is 4.79 Å². The number of alkyl carbamates (subject to hydrolysis) is 1. The zero-order chi connectivity index (χ0) is 22.0. The summed E-state index contributed by atoms with van der Waals surface area (Å²) in [7, 11) is 1.51. The number of aryl methyl sites for hydroxylation is 1. The number of carbonyl (C=O) groups excluding carboxylic acids is 3. The summed E-state index contributed by atoms with van der Waals surface area (Å²) in [5.74, 6) is 0.272. The Hall–Kier alpha value is -2.22. The van der Waals surface area contributed by atoms with E-state index < -0.39 is 17.7 Å². The van der Waals surface area contributed by atoms with E-state index in [4.69, 9.17) is 4.74 Å². The molecular formula is C21H33N2O5S+. The smallest absolute Gasteiger partial charge is 0.408 e. The van der Waals surface area contributed by atoms with Crippen LogP contribution in [0.3, 0.4) is 0 Å². The average molecular weight is 426 g/mol. The van der Waals surface area contributed by atoms with Crippen molar-refractivity contribution in [1.82, 2.24) is 5.32 Å². The molecule has 8 heteroatoms. The number of ether oxygens (including phenoxy) is 2. The lowest BCUT2D eigenvalue weighted by Gasteiger charge is -2.23. The number of amides is 2. The number of carbonyl (C=O) groups is 3. The Bertz CT molecular complexity index is 683. The van der Waals surface area contributed by atoms with Gasteiger partial charge in [0.2, 0.25) is 5.91 Å². The fourth-order valence-corrected chi connectivity index (χ4v) is 3.11. The number of hydrogen-bond acceptors (Lipinski definition) is 5. The molecule has 29 heavy (non-hydrogen) atoms. The summed E-state index contributed by atoms with van der Waals surface area (Å²) >= 11 is 0. The van der Waals surface area contributed by atoms with Crippen molar-refractivity contribution in [1.29, 1.82) is 0 Å². The minimum Gasteiger partial charge on any atom is -0.469 e. The van der Waals surface area contributed by atoms with E-state index >= 15 is 0 Å². The molecule has 0 aromatic heterocycles. The van der Waals surface area contributed by atoms with Crippen LogP contribution in [0.5, 0.6) is 0 Å². The lowest BCUT2D eigenvalue weighted by Crippen LogP contribution is -2.46. The van der Waals surface area contributed by atoms with Crippen LogP contribution in [0.2, 0.25) is 0 Å². The zero-order valence-corrected chi connectivity index (χ0v) is 19.0. The van der Waals surface area contributed by atoms with Gasteiger partial charge in [0.15, 0.2) is 0 Å². The van der Waals surface area contributed by atoms with Gasteiger partial charge in [-0.3, -0.25) is 9.59 Å². The van der Waals surface area contributed by atoms with Crippen molar-refractivity contribution in [3.63, 3.8) is 0 Å². The maximum absolute atomic E-state index is 12.7. The normalized spacial score (nSPS) is 12.2. The molecule has 0 saturated heterocycles. The third-order valence-electron chi connectivity index (χ3n) is 3.89. The van der Waals surface area contributed by atoms with Gasteiger partial charge in [-0.2, -0.15) is 0 Å². The molecule has 1 aromatic carbocycles. The molecule has 0 bridgehead atoms. The monoisotopic (exact) mass is 425 g/mol. The summed E-state index contributed by atoms with van der Waals surface area (Å²) < 4.78 is 9.92. The van der Waals surface area contributed by atoms with E-state index in [0.29, 0.717) is 24.9 Å². The molecule has 1 aromatic rings. The second-order valence-corrected chi connectivity index (χ2v) is 10.3. The Morgan fingerprint density at radius 2 is 1.72 bits per heavy atom. The van der Waals surface area contributed by atoms with Gasteiger partial charge in [-0.1, -0.05) is 12.1 Å². The molecule has 1 unspecified atom stereocenters. The van der Waals surface area contributed by atoms with E-state index in [1.165, 1.54) is 7.11 Å². The van der Waals surface area contributed by atoms with Gasteiger partial charge in [-0.15, -0.1) is 0 Å². The van der Waals surface area contributed by atoms with Gasteiger partial charge in [-0.05, 0) is 55.8 Å². The van der Waals surface area contributed by atoms with Crippen molar-refractivity contribution in [2.75, 3.05) is 30.7 Å². The third kappa shape index (κ3) is 10.8. The van der Waals surface area contributed by atoms with Crippen LogP contribution in [-0.4, -0.2) is 55.0 Å². The molecule has 162 valence electrons. The third-order valence-corrected chi connectivity index (χ3v) is 4.94. The Morgan fingerprint density at radius 1 is 1.10 bits per heavy atom. The van der Waals surface area contributed by atoms with Gasteiger partial charge < -0.3 is 20.1 Å². The second kappa shape index (κ2) is 11.7. The molecule has 2 N–H and O–H groups in total. The lowest BCUT2D eigenvalue weighted by molar-refractivity contribution is -0.140. The van der Waals surface area contributed by atoms with E-state index in [1.54, 1.807) is 32.9 Å². The molecule has 1 atom stereocenters. The van der Waals surface area contributed by atoms with Crippen molar-refractivity contribution in [2.45, 2.75) is 51.7 Å². The molecule has 7 nitrogen and oxygen atoms in total. The summed E-state index contributed by atoms with van der Waals surface area (Å²) in [5.41, 5.74) is 0.961. The molecule has 0 radical (unpaired) electrons. The summed E-state index contributed by atoms with van der Waals surface area (Å²) in [6.45, 7) is 5.33. The summed E-state index contributed by atoms with van der Waals surface area (Å²) in [4.78, 5) is 36.1. The van der Waals surface area contributed by atoms with Crippen molar-refractivity contribution in [2.24, 2.45) is 0 Å². The number of hydrogen-bond donors (Lipinski definition) is 2. The van der Waals surface area contributed by atoms with Crippen LogP contribution < -0.4 is 10.6 Å². The summed E-state index contributed by atoms with van der Waals surface area (Å²) in [6, 6.07) is 6.58. The van der Waals surface area contributed by atoms with Crippen LogP contribution in [0.15, 0.2) is 24.3 Å². The predicted octanol–water partition coefficient (Wildman–Crippen LogP) is 2.89. The largest absolute Gasteiger partial charge is 0.469 e. The van der Waals surface area contributed by atoms with Crippen LogP contribution in [-0.2, 0) is 36.4 Å². The van der Waals surface area contributed by atoms with E-state index in [2.05, 4.69) is 27.9 Å². The number of nitrogens with one attached hydrogen (secondary N) is 2. The molecule has 0 heterocycles. The predicted molar refractivity (Wildman–Crippen MR) is 117 cm³/mol. The van der Waals surface area contributed by atoms with Gasteiger partial charge in [0.05, 0.1) is 19.6 Å². The maximum Gasteiger partial charge on any atom is 0.408 e. The van der Waals surface area contributed by atoms with Crippen LogP contribution in [0.1, 0.15) is 39.2 Å². The number of anilines is 1. The Morgan fingerprint density at radius 3 is 2.24 bits per heavy atom. The molecule has 0 aliphatic rings. The molecule has 0 spiro atoms. The maximum atomic E-state index is 12.7. The average Bonchev–Trinajstić information content (AvgIpc) is 2.62. The molecular weight excluding hydrogens is 392 g/mol. The van der Waals surface area contributed by atoms with Crippen molar-refractivity contribution >= 4 is 34.6 Å². The number of methoxy groups -OCH3 is 1. The highest BCUT2D eigenvalue weighted by molar-refractivity contribution is 7.95. The van der Waals surface area contributed by atoms with E-state index in [0.717, 1.165) is 11.3 Å². The van der Waals surface area contributed by atoms with Gasteiger partial charge in [0, 0.05) is 18.5 Å². The number of rotatable bonds is 9. The molecule has 0 aliphatic heterocycles. The minimum atomic E-state index is -0.682. The fraction of sp³-hybridized carbons (Fsp3) is 0.571. The Labute approximate surface area is 176 Å². The first kappa shape index (κ1) is 24.8. The SMILES string of the molecule is COC(=O)CCc1ccc(NC(=O)C(CC[S+](C)C)NC(=O)OC(C)(C)C)cc1. The van der Waals surface area contributed by atoms with Crippen molar-refractivity contribution in [3.8, 4) is 0 Å². The van der Waals surface area contributed by atoms with Crippen molar-refractivity contribution < 1.29 is 23.9 Å². The van der Waals surface area contributed by atoms with Gasteiger partial charge in [0.1, 0.15) is 17.4 Å². The highest BCUT2D eigenvalue weighted by Crippen LogP contribution is 2.13. The number of benzene rings is 1. The minimum absolute atomic E-state index is 0.147. The standard InChI is InChI=1S/C21H32N2O5S/c1-21(2,3)28-20(26)23-17(13-14-29(5)6)19(25)22-16-10-7-15(8-11-16)9-12-18(24)27-4/h7-8,10-11,17H,9,12-14H2,1-6H3,(H-,22,23,25,26)/p+1. The zero-order valence-electron chi connectivity index (χ0n) is 18.2. The number of esters is 1. The van der Waals surface area contributed by atoms with E-state index in [-0.39, 0.29) is 22.8 Å². The molecule has 0 fully saturated rings.